The van der Waals surface area contributed by atoms with Gasteiger partial charge in [0.1, 0.15) is 0 Å². The summed E-state index contributed by atoms with van der Waals surface area (Å²) < 4.78 is 0. The number of fused-ring (bicyclic) bond motifs is 1. The van der Waals surface area contributed by atoms with Gasteiger partial charge in [-0.2, -0.15) is 0 Å². The first-order valence-corrected chi connectivity index (χ1v) is 7.09. The van der Waals surface area contributed by atoms with Crippen molar-refractivity contribution in [2.45, 2.75) is 57.9 Å². The Balaban J connectivity index is 2.70. The minimum absolute atomic E-state index is 0.0454. The molecule has 3 heteroatoms. The van der Waals surface area contributed by atoms with Crippen molar-refractivity contribution in [2.75, 3.05) is 0 Å². The Kier molecular flexibility index (Phi) is 3.68. The molecule has 0 saturated carbocycles. The minimum atomic E-state index is -0.855. The SMILES string of the molecule is CCC1(CC)CCC(N)c2c(C)cc(C(=O)O)cc21. The summed E-state index contributed by atoms with van der Waals surface area (Å²) in [4.78, 5) is 11.3. The molecule has 0 spiro atoms. The highest BCUT2D eigenvalue weighted by atomic mass is 16.4. The van der Waals surface area contributed by atoms with Crippen molar-refractivity contribution in [3.05, 3.63) is 34.4 Å². The summed E-state index contributed by atoms with van der Waals surface area (Å²) in [5.41, 5.74) is 10.1. The zero-order valence-corrected chi connectivity index (χ0v) is 12.0. The monoisotopic (exact) mass is 261 g/mol. The predicted molar refractivity (Wildman–Crippen MR) is 76.6 cm³/mol. The molecule has 0 heterocycles. The lowest BCUT2D eigenvalue weighted by Gasteiger charge is -2.41. The molecule has 1 unspecified atom stereocenters. The number of carbonyl (C=O) groups is 1. The second-order valence-electron chi connectivity index (χ2n) is 5.69. The molecule has 19 heavy (non-hydrogen) atoms. The molecule has 2 rings (SSSR count). The third-order valence-electron chi connectivity index (χ3n) is 4.86. The Bertz CT molecular complexity index is 504. The number of nitrogens with two attached hydrogens (primary N) is 1. The van der Waals surface area contributed by atoms with Crippen LogP contribution in [0.15, 0.2) is 12.1 Å². The number of aryl methyl sites for hydroxylation is 1. The molecule has 1 aromatic carbocycles. The summed E-state index contributed by atoms with van der Waals surface area (Å²) in [6.45, 7) is 6.35. The zero-order chi connectivity index (χ0) is 14.2. The molecule has 3 N–H and O–H groups in total. The van der Waals surface area contributed by atoms with Crippen molar-refractivity contribution < 1.29 is 9.90 Å². The third kappa shape index (κ3) is 2.16. The van der Waals surface area contributed by atoms with Crippen LogP contribution in [0.2, 0.25) is 0 Å². The number of rotatable bonds is 3. The molecule has 0 amide bonds. The lowest BCUT2D eigenvalue weighted by molar-refractivity contribution is 0.0696. The lowest BCUT2D eigenvalue weighted by Crippen LogP contribution is -2.34. The predicted octanol–water partition coefficient (Wildman–Crippen LogP) is 3.54. The van der Waals surface area contributed by atoms with E-state index in [4.69, 9.17) is 5.73 Å². The molecule has 1 aromatic rings. The van der Waals surface area contributed by atoms with Gasteiger partial charge in [0.2, 0.25) is 0 Å². The number of hydrogen-bond donors (Lipinski definition) is 2. The smallest absolute Gasteiger partial charge is 0.335 e. The van der Waals surface area contributed by atoms with Crippen molar-refractivity contribution >= 4 is 5.97 Å². The van der Waals surface area contributed by atoms with Crippen LogP contribution in [0, 0.1) is 6.92 Å². The fourth-order valence-corrected chi connectivity index (χ4v) is 3.55. The fraction of sp³-hybridized carbons (Fsp3) is 0.562. The molecule has 104 valence electrons. The minimum Gasteiger partial charge on any atom is -0.478 e. The fourth-order valence-electron chi connectivity index (χ4n) is 3.55. The maximum absolute atomic E-state index is 11.3. The highest BCUT2D eigenvalue weighted by Crippen LogP contribution is 2.46. The number of benzene rings is 1. The van der Waals surface area contributed by atoms with E-state index in [0.717, 1.165) is 31.2 Å². The molecule has 0 radical (unpaired) electrons. The van der Waals surface area contributed by atoms with Gasteiger partial charge >= 0.3 is 5.97 Å². The molecule has 0 saturated heterocycles. The Morgan fingerprint density at radius 2 is 2.05 bits per heavy atom. The molecular weight excluding hydrogens is 238 g/mol. The molecule has 3 nitrogen and oxygen atoms in total. The van der Waals surface area contributed by atoms with Crippen LogP contribution in [-0.2, 0) is 5.41 Å². The summed E-state index contributed by atoms with van der Waals surface area (Å²) in [7, 11) is 0. The largest absolute Gasteiger partial charge is 0.478 e. The maximum atomic E-state index is 11.3. The van der Waals surface area contributed by atoms with E-state index in [1.165, 1.54) is 11.1 Å². The molecule has 0 bridgehead atoms. The van der Waals surface area contributed by atoms with Gasteiger partial charge in [-0.25, -0.2) is 4.79 Å². The highest BCUT2D eigenvalue weighted by molar-refractivity contribution is 5.88. The normalized spacial score (nSPS) is 20.9. The van der Waals surface area contributed by atoms with E-state index in [1.54, 1.807) is 6.07 Å². The number of hydrogen-bond acceptors (Lipinski definition) is 2. The van der Waals surface area contributed by atoms with Crippen LogP contribution in [0.25, 0.3) is 0 Å². The molecule has 0 aromatic heterocycles. The van der Waals surface area contributed by atoms with Crippen LogP contribution in [-0.4, -0.2) is 11.1 Å². The summed E-state index contributed by atoms with van der Waals surface area (Å²) in [5, 5.41) is 9.26. The van der Waals surface area contributed by atoms with Crippen molar-refractivity contribution in [3.8, 4) is 0 Å². The van der Waals surface area contributed by atoms with Crippen molar-refractivity contribution in [1.29, 1.82) is 0 Å². The molecule has 1 aliphatic rings. The molecule has 1 aliphatic carbocycles. The van der Waals surface area contributed by atoms with E-state index < -0.39 is 5.97 Å². The Labute approximate surface area is 114 Å². The molecule has 0 aliphatic heterocycles. The van der Waals surface area contributed by atoms with Gasteiger partial charge in [0.25, 0.3) is 0 Å². The van der Waals surface area contributed by atoms with E-state index in [9.17, 15) is 9.90 Å². The first-order valence-electron chi connectivity index (χ1n) is 7.09. The zero-order valence-electron chi connectivity index (χ0n) is 12.0. The number of carboxylic acids is 1. The van der Waals surface area contributed by atoms with Crippen LogP contribution in [0.3, 0.4) is 0 Å². The van der Waals surface area contributed by atoms with Crippen LogP contribution >= 0.6 is 0 Å². The van der Waals surface area contributed by atoms with Crippen LogP contribution < -0.4 is 5.73 Å². The number of carboxylic acid groups (broad SMARTS) is 1. The topological polar surface area (TPSA) is 63.3 Å². The van der Waals surface area contributed by atoms with E-state index >= 15 is 0 Å². The quantitative estimate of drug-likeness (QED) is 0.874. The van der Waals surface area contributed by atoms with E-state index in [1.807, 2.05) is 13.0 Å². The Morgan fingerprint density at radius 3 is 2.58 bits per heavy atom. The Morgan fingerprint density at radius 1 is 1.42 bits per heavy atom. The molecule has 0 fully saturated rings. The van der Waals surface area contributed by atoms with Crippen LogP contribution in [0.5, 0.6) is 0 Å². The first-order chi connectivity index (χ1) is 8.95. The standard InChI is InChI=1S/C16H23NO2/c1-4-16(5-2)7-6-13(17)14-10(3)8-11(15(18)19)9-12(14)16/h8-9,13H,4-7,17H2,1-3H3,(H,18,19). The van der Waals surface area contributed by atoms with E-state index in [-0.39, 0.29) is 11.5 Å². The van der Waals surface area contributed by atoms with Gasteiger partial charge in [-0.15, -0.1) is 0 Å². The Hall–Kier alpha value is -1.35. The summed E-state index contributed by atoms with van der Waals surface area (Å²) in [5.74, 6) is -0.855. The average molecular weight is 261 g/mol. The first kappa shape index (κ1) is 14.1. The number of aromatic carboxylic acids is 1. The molecule has 1 atom stereocenters. The maximum Gasteiger partial charge on any atom is 0.335 e. The van der Waals surface area contributed by atoms with Crippen LogP contribution in [0.4, 0.5) is 0 Å². The summed E-state index contributed by atoms with van der Waals surface area (Å²) in [6.07, 6.45) is 4.11. The van der Waals surface area contributed by atoms with Crippen LogP contribution in [0.1, 0.15) is 72.6 Å². The molecular formula is C16H23NO2. The second-order valence-corrected chi connectivity index (χ2v) is 5.69. The van der Waals surface area contributed by atoms with Gasteiger partial charge in [0.15, 0.2) is 0 Å². The summed E-state index contributed by atoms with van der Waals surface area (Å²) >= 11 is 0. The van der Waals surface area contributed by atoms with Crippen molar-refractivity contribution in [1.82, 2.24) is 0 Å². The summed E-state index contributed by atoms with van der Waals surface area (Å²) in [6, 6.07) is 3.66. The van der Waals surface area contributed by atoms with Gasteiger partial charge in [-0.3, -0.25) is 0 Å². The van der Waals surface area contributed by atoms with Gasteiger partial charge < -0.3 is 10.8 Å². The van der Waals surface area contributed by atoms with Crippen molar-refractivity contribution in [3.63, 3.8) is 0 Å². The average Bonchev–Trinajstić information content (AvgIpc) is 2.39. The van der Waals surface area contributed by atoms with E-state index in [2.05, 4.69) is 13.8 Å². The van der Waals surface area contributed by atoms with Crippen molar-refractivity contribution in [2.24, 2.45) is 5.73 Å². The highest BCUT2D eigenvalue weighted by Gasteiger charge is 2.37. The van der Waals surface area contributed by atoms with Gasteiger partial charge in [0, 0.05) is 6.04 Å². The van der Waals surface area contributed by atoms with Gasteiger partial charge in [-0.1, -0.05) is 13.8 Å². The van der Waals surface area contributed by atoms with Gasteiger partial charge in [-0.05, 0) is 66.8 Å². The van der Waals surface area contributed by atoms with Gasteiger partial charge in [0.05, 0.1) is 5.56 Å². The van der Waals surface area contributed by atoms with E-state index in [0.29, 0.717) is 5.56 Å². The third-order valence-corrected chi connectivity index (χ3v) is 4.86. The lowest BCUT2D eigenvalue weighted by atomic mass is 9.64. The second kappa shape index (κ2) is 4.97.